The molecule has 0 fully saturated rings. The van der Waals surface area contributed by atoms with Gasteiger partial charge in [0.05, 0.1) is 5.56 Å². The molecule has 0 N–H and O–H groups in total. The van der Waals surface area contributed by atoms with Gasteiger partial charge < -0.3 is 0 Å². The van der Waals surface area contributed by atoms with Crippen molar-refractivity contribution in [1.82, 2.24) is 0 Å². The van der Waals surface area contributed by atoms with Gasteiger partial charge in [-0.25, -0.2) is 4.57 Å². The number of nitrogens with zero attached hydrogens (tertiary/aromatic N) is 2. The zero-order valence-corrected chi connectivity index (χ0v) is 14.6. The van der Waals surface area contributed by atoms with Crippen molar-refractivity contribution >= 4 is 0 Å². The summed E-state index contributed by atoms with van der Waals surface area (Å²) in [6, 6.07) is 15.0. The number of aryl methyl sites for hydroxylation is 4. The van der Waals surface area contributed by atoms with Gasteiger partial charge in [0.15, 0.2) is 18.1 Å². The second-order valence-corrected chi connectivity index (χ2v) is 6.27. The number of rotatable bonds is 2. The Kier molecular flexibility index (Phi) is 3.99. The minimum Gasteiger partial charge on any atom is -0.201 e. The van der Waals surface area contributed by atoms with E-state index in [4.69, 9.17) is 0 Å². The van der Waals surface area contributed by atoms with Gasteiger partial charge in [0, 0.05) is 42.3 Å². The number of benzene rings is 1. The van der Waals surface area contributed by atoms with Crippen LogP contribution in [-0.2, 0) is 7.05 Å². The van der Waals surface area contributed by atoms with E-state index in [0.717, 1.165) is 0 Å². The first-order valence-corrected chi connectivity index (χ1v) is 8.04. The van der Waals surface area contributed by atoms with Crippen molar-refractivity contribution in [2.24, 2.45) is 7.05 Å². The SMILES string of the molecule is Cc1cc(C)c(-[n+]2ccccc2C)c(C)c1-c1cccc[n+]1C. The lowest BCUT2D eigenvalue weighted by Gasteiger charge is -2.13. The normalized spacial score (nSPS) is 10.8. The molecule has 2 nitrogen and oxygen atoms in total. The Morgan fingerprint density at radius 2 is 1.48 bits per heavy atom. The molecule has 0 atom stereocenters. The first-order chi connectivity index (χ1) is 11.0. The maximum atomic E-state index is 2.30. The smallest absolute Gasteiger partial charge is 0.201 e. The molecule has 2 aromatic heterocycles. The topological polar surface area (TPSA) is 7.76 Å². The first-order valence-electron chi connectivity index (χ1n) is 8.04. The highest BCUT2D eigenvalue weighted by Gasteiger charge is 2.24. The van der Waals surface area contributed by atoms with Crippen LogP contribution in [0, 0.1) is 27.7 Å². The Bertz CT molecular complexity index is 809. The summed E-state index contributed by atoms with van der Waals surface area (Å²) in [6.45, 7) is 8.79. The number of aromatic nitrogens is 2. The summed E-state index contributed by atoms with van der Waals surface area (Å²) in [7, 11) is 2.11. The molecule has 0 radical (unpaired) electrons. The lowest BCUT2D eigenvalue weighted by molar-refractivity contribution is -0.660. The predicted octanol–water partition coefficient (Wildman–Crippen LogP) is 3.69. The van der Waals surface area contributed by atoms with E-state index in [2.05, 4.69) is 98.7 Å². The standard InChI is InChI=1S/C21H24N2/c1-15-14-16(2)21(23-13-9-6-10-17(23)3)18(4)20(15)19-11-7-8-12-22(19)5/h6-14H,1-5H3/q+2. The summed E-state index contributed by atoms with van der Waals surface area (Å²) in [4.78, 5) is 0. The van der Waals surface area contributed by atoms with Gasteiger partial charge in [-0.2, -0.15) is 4.57 Å². The van der Waals surface area contributed by atoms with E-state index in [1.807, 2.05) is 0 Å². The number of hydrogen-bond donors (Lipinski definition) is 0. The molecular formula is C21H24N2+2. The van der Waals surface area contributed by atoms with Crippen LogP contribution in [0.3, 0.4) is 0 Å². The molecule has 0 amide bonds. The molecule has 23 heavy (non-hydrogen) atoms. The highest BCUT2D eigenvalue weighted by Crippen LogP contribution is 2.29. The molecule has 0 unspecified atom stereocenters. The summed E-state index contributed by atoms with van der Waals surface area (Å²) in [6.07, 6.45) is 4.25. The van der Waals surface area contributed by atoms with Gasteiger partial charge in [-0.1, -0.05) is 6.07 Å². The third-order valence-corrected chi connectivity index (χ3v) is 4.55. The largest absolute Gasteiger partial charge is 0.217 e. The average molecular weight is 304 g/mol. The second kappa shape index (κ2) is 5.96. The second-order valence-electron chi connectivity index (χ2n) is 6.27. The maximum absolute atomic E-state index is 2.30. The van der Waals surface area contributed by atoms with E-state index in [1.165, 1.54) is 39.3 Å². The van der Waals surface area contributed by atoms with Crippen molar-refractivity contribution in [3.8, 4) is 16.9 Å². The van der Waals surface area contributed by atoms with Crippen LogP contribution in [0.1, 0.15) is 22.4 Å². The van der Waals surface area contributed by atoms with Gasteiger partial charge in [0.2, 0.25) is 11.4 Å². The fourth-order valence-electron chi connectivity index (χ4n) is 3.50. The molecule has 0 aliphatic carbocycles. The van der Waals surface area contributed by atoms with Crippen LogP contribution in [0.15, 0.2) is 54.9 Å². The van der Waals surface area contributed by atoms with Gasteiger partial charge >= 0.3 is 0 Å². The van der Waals surface area contributed by atoms with Crippen molar-refractivity contribution in [2.45, 2.75) is 27.7 Å². The molecule has 0 aliphatic rings. The van der Waals surface area contributed by atoms with Crippen molar-refractivity contribution < 1.29 is 9.13 Å². The summed E-state index contributed by atoms with van der Waals surface area (Å²) in [5.41, 5.74) is 9.05. The van der Waals surface area contributed by atoms with Gasteiger partial charge in [-0.3, -0.25) is 0 Å². The third-order valence-electron chi connectivity index (χ3n) is 4.55. The van der Waals surface area contributed by atoms with Crippen LogP contribution in [0.4, 0.5) is 0 Å². The van der Waals surface area contributed by atoms with Crippen LogP contribution < -0.4 is 9.13 Å². The van der Waals surface area contributed by atoms with Crippen LogP contribution in [-0.4, -0.2) is 0 Å². The molecule has 116 valence electrons. The summed E-state index contributed by atoms with van der Waals surface area (Å²) >= 11 is 0. The molecule has 3 rings (SSSR count). The van der Waals surface area contributed by atoms with E-state index in [9.17, 15) is 0 Å². The average Bonchev–Trinajstić information content (AvgIpc) is 2.50. The van der Waals surface area contributed by atoms with E-state index in [1.54, 1.807) is 0 Å². The van der Waals surface area contributed by atoms with Gasteiger partial charge in [0.1, 0.15) is 7.05 Å². The highest BCUT2D eigenvalue weighted by molar-refractivity contribution is 5.70. The quantitative estimate of drug-likeness (QED) is 0.638. The Morgan fingerprint density at radius 1 is 0.783 bits per heavy atom. The molecule has 0 bridgehead atoms. The van der Waals surface area contributed by atoms with Crippen molar-refractivity contribution in [2.75, 3.05) is 0 Å². The Balaban J connectivity index is 2.35. The monoisotopic (exact) mass is 304 g/mol. The zero-order chi connectivity index (χ0) is 16.6. The lowest BCUT2D eigenvalue weighted by atomic mass is 9.94. The highest BCUT2D eigenvalue weighted by atomic mass is 15.0. The molecule has 0 aliphatic heterocycles. The Labute approximate surface area is 138 Å². The number of pyridine rings is 2. The van der Waals surface area contributed by atoms with Gasteiger partial charge in [-0.05, 0) is 38.5 Å². The molecule has 0 saturated carbocycles. The molecule has 2 heteroatoms. The fourth-order valence-corrected chi connectivity index (χ4v) is 3.50. The fraction of sp³-hybridized carbons (Fsp3) is 0.238. The number of hydrogen-bond acceptors (Lipinski definition) is 0. The maximum Gasteiger partial charge on any atom is 0.217 e. The van der Waals surface area contributed by atoms with Crippen LogP contribution in [0.5, 0.6) is 0 Å². The van der Waals surface area contributed by atoms with Gasteiger partial charge in [0.25, 0.3) is 0 Å². The molecule has 2 heterocycles. The Hall–Kier alpha value is -2.48. The minimum absolute atomic E-state index is 1.24. The van der Waals surface area contributed by atoms with Crippen molar-refractivity contribution in [1.29, 1.82) is 0 Å². The lowest BCUT2D eigenvalue weighted by Crippen LogP contribution is -2.36. The van der Waals surface area contributed by atoms with Crippen LogP contribution in [0.2, 0.25) is 0 Å². The van der Waals surface area contributed by atoms with E-state index in [-0.39, 0.29) is 0 Å². The molecule has 3 aromatic rings. The zero-order valence-electron chi connectivity index (χ0n) is 14.6. The van der Waals surface area contributed by atoms with Crippen LogP contribution >= 0.6 is 0 Å². The predicted molar refractivity (Wildman–Crippen MR) is 93.5 cm³/mol. The van der Waals surface area contributed by atoms with E-state index < -0.39 is 0 Å². The summed E-state index contributed by atoms with van der Waals surface area (Å²) in [5, 5.41) is 0. The summed E-state index contributed by atoms with van der Waals surface area (Å²) < 4.78 is 4.48. The third kappa shape index (κ3) is 2.65. The minimum atomic E-state index is 1.24. The molecule has 0 spiro atoms. The van der Waals surface area contributed by atoms with Crippen LogP contribution in [0.25, 0.3) is 16.9 Å². The molecule has 1 aromatic carbocycles. The van der Waals surface area contributed by atoms with Gasteiger partial charge in [-0.15, -0.1) is 0 Å². The molecular weight excluding hydrogens is 280 g/mol. The first kappa shape index (κ1) is 15.4. The molecule has 0 saturated heterocycles. The van der Waals surface area contributed by atoms with E-state index >= 15 is 0 Å². The summed E-state index contributed by atoms with van der Waals surface area (Å²) in [5.74, 6) is 0. The van der Waals surface area contributed by atoms with Crippen molar-refractivity contribution in [3.05, 3.63) is 77.2 Å². The van der Waals surface area contributed by atoms with E-state index in [0.29, 0.717) is 0 Å². The van der Waals surface area contributed by atoms with Crippen molar-refractivity contribution in [3.63, 3.8) is 0 Å². The Morgan fingerprint density at radius 3 is 2.17 bits per heavy atom.